The molecule has 0 saturated carbocycles. The largest absolute Gasteiger partial charge is 0.396 e. The van der Waals surface area contributed by atoms with E-state index in [0.29, 0.717) is 0 Å². The number of hydrogen-bond acceptors (Lipinski definition) is 3. The van der Waals surface area contributed by atoms with E-state index in [2.05, 4.69) is 10.1 Å². The number of amides is 1. The zero-order valence-electron chi connectivity index (χ0n) is 9.62. The average Bonchev–Trinajstić information content (AvgIpc) is 2.30. The summed E-state index contributed by atoms with van der Waals surface area (Å²) in [6, 6.07) is 3.63. The minimum atomic E-state index is -2.64. The van der Waals surface area contributed by atoms with Crippen LogP contribution in [-0.2, 0) is 9.53 Å². The fourth-order valence-corrected chi connectivity index (χ4v) is 1.16. The molecule has 0 aliphatic carbocycles. The van der Waals surface area contributed by atoms with Gasteiger partial charge in [-0.2, -0.15) is 0 Å². The van der Waals surface area contributed by atoms with Gasteiger partial charge in [-0.1, -0.05) is 0 Å². The van der Waals surface area contributed by atoms with Crippen LogP contribution in [-0.4, -0.2) is 25.0 Å². The van der Waals surface area contributed by atoms with E-state index in [1.165, 1.54) is 19.1 Å². The van der Waals surface area contributed by atoms with Crippen molar-refractivity contribution in [2.75, 3.05) is 17.7 Å². The highest BCUT2D eigenvalue weighted by atomic mass is 19.3. The highest BCUT2D eigenvalue weighted by Gasteiger charge is 2.16. The van der Waals surface area contributed by atoms with Crippen LogP contribution in [0.2, 0.25) is 0 Å². The molecule has 100 valence electrons. The number of benzene rings is 1. The van der Waals surface area contributed by atoms with Crippen molar-refractivity contribution in [2.24, 2.45) is 0 Å². The molecule has 1 unspecified atom stereocenters. The van der Waals surface area contributed by atoms with Crippen LogP contribution in [0.1, 0.15) is 6.92 Å². The highest BCUT2D eigenvalue weighted by molar-refractivity contribution is 5.94. The standard InChI is InChI=1S/C11H13F3N2O2/c1-6(18-5-10(13)14)11(17)16-7-2-3-8(12)9(15)4-7/h2-4,6,10H,5,15H2,1H3,(H,16,17). The first-order valence-electron chi connectivity index (χ1n) is 5.15. The number of rotatable bonds is 5. The third kappa shape index (κ3) is 4.25. The molecule has 0 aliphatic rings. The minimum absolute atomic E-state index is 0.117. The zero-order valence-corrected chi connectivity index (χ0v) is 9.62. The molecular formula is C11H13F3N2O2. The summed E-state index contributed by atoms with van der Waals surface area (Å²) in [7, 11) is 0. The first-order chi connectivity index (χ1) is 8.40. The number of halogens is 3. The third-order valence-electron chi connectivity index (χ3n) is 2.10. The Hall–Kier alpha value is -1.76. The Kier molecular flexibility index (Phi) is 4.96. The second-order valence-electron chi connectivity index (χ2n) is 3.59. The summed E-state index contributed by atoms with van der Waals surface area (Å²) < 4.78 is 41.2. The summed E-state index contributed by atoms with van der Waals surface area (Å²) in [6.45, 7) is 0.519. The second-order valence-corrected chi connectivity index (χ2v) is 3.59. The topological polar surface area (TPSA) is 64.3 Å². The molecule has 0 heterocycles. The van der Waals surface area contributed by atoms with E-state index in [4.69, 9.17) is 5.73 Å². The maximum Gasteiger partial charge on any atom is 0.261 e. The molecule has 18 heavy (non-hydrogen) atoms. The SMILES string of the molecule is CC(OCC(F)F)C(=O)Nc1ccc(F)c(N)c1. The smallest absolute Gasteiger partial charge is 0.261 e. The maximum atomic E-state index is 12.9. The molecule has 7 heteroatoms. The average molecular weight is 262 g/mol. The number of hydrogen-bond donors (Lipinski definition) is 2. The quantitative estimate of drug-likeness (QED) is 0.798. The molecule has 1 aromatic rings. The van der Waals surface area contributed by atoms with Crippen molar-refractivity contribution in [3.63, 3.8) is 0 Å². The Morgan fingerprint density at radius 2 is 2.17 bits per heavy atom. The number of ether oxygens (including phenoxy) is 1. The van der Waals surface area contributed by atoms with Gasteiger partial charge in [0.1, 0.15) is 18.5 Å². The van der Waals surface area contributed by atoms with Crippen molar-refractivity contribution in [3.05, 3.63) is 24.0 Å². The Bertz CT molecular complexity index is 427. The van der Waals surface area contributed by atoms with Crippen LogP contribution < -0.4 is 11.1 Å². The summed E-state index contributed by atoms with van der Waals surface area (Å²) in [4.78, 5) is 11.5. The van der Waals surface area contributed by atoms with Gasteiger partial charge in [0, 0.05) is 5.69 Å². The van der Waals surface area contributed by atoms with Crippen molar-refractivity contribution in [1.82, 2.24) is 0 Å². The van der Waals surface area contributed by atoms with E-state index in [0.717, 1.165) is 6.07 Å². The molecule has 1 atom stereocenters. The van der Waals surface area contributed by atoms with Gasteiger partial charge in [0.15, 0.2) is 0 Å². The van der Waals surface area contributed by atoms with Crippen LogP contribution in [0.15, 0.2) is 18.2 Å². The second kappa shape index (κ2) is 6.25. The summed E-state index contributed by atoms with van der Waals surface area (Å²) in [5.74, 6) is -1.21. The minimum Gasteiger partial charge on any atom is -0.396 e. The molecule has 1 rings (SSSR count). The van der Waals surface area contributed by atoms with Crippen LogP contribution in [0.4, 0.5) is 24.5 Å². The lowest BCUT2D eigenvalue weighted by Crippen LogP contribution is -2.29. The molecular weight excluding hydrogens is 249 g/mol. The molecule has 1 aromatic carbocycles. The number of carbonyl (C=O) groups excluding carboxylic acids is 1. The molecule has 3 N–H and O–H groups in total. The van der Waals surface area contributed by atoms with E-state index in [9.17, 15) is 18.0 Å². The Morgan fingerprint density at radius 3 is 2.72 bits per heavy atom. The Balaban J connectivity index is 2.55. The molecule has 0 bridgehead atoms. The van der Waals surface area contributed by atoms with Crippen molar-refractivity contribution < 1.29 is 22.7 Å². The predicted molar refractivity (Wildman–Crippen MR) is 60.9 cm³/mol. The van der Waals surface area contributed by atoms with Gasteiger partial charge in [-0.25, -0.2) is 13.2 Å². The molecule has 0 saturated heterocycles. The van der Waals surface area contributed by atoms with Gasteiger partial charge in [-0.15, -0.1) is 0 Å². The summed E-state index contributed by atoms with van der Waals surface area (Å²) in [5, 5.41) is 2.38. The first-order valence-corrected chi connectivity index (χ1v) is 5.15. The normalized spacial score (nSPS) is 12.5. The van der Waals surface area contributed by atoms with Gasteiger partial charge >= 0.3 is 0 Å². The molecule has 4 nitrogen and oxygen atoms in total. The molecule has 0 aromatic heterocycles. The fourth-order valence-electron chi connectivity index (χ4n) is 1.16. The van der Waals surface area contributed by atoms with Crippen molar-refractivity contribution in [1.29, 1.82) is 0 Å². The zero-order chi connectivity index (χ0) is 13.7. The van der Waals surface area contributed by atoms with Crippen molar-refractivity contribution in [3.8, 4) is 0 Å². The number of carbonyl (C=O) groups is 1. The molecule has 1 amide bonds. The van der Waals surface area contributed by atoms with Crippen LogP contribution in [0.5, 0.6) is 0 Å². The Labute approximate surface area is 102 Å². The van der Waals surface area contributed by atoms with Gasteiger partial charge in [-0.3, -0.25) is 4.79 Å². The number of alkyl halides is 2. The van der Waals surface area contributed by atoms with Gasteiger partial charge in [0.05, 0.1) is 5.69 Å². The molecule has 0 radical (unpaired) electrons. The van der Waals surface area contributed by atoms with Crippen molar-refractivity contribution >= 4 is 17.3 Å². The van der Waals surface area contributed by atoms with Crippen LogP contribution >= 0.6 is 0 Å². The fraction of sp³-hybridized carbons (Fsp3) is 0.364. The van der Waals surface area contributed by atoms with Crippen LogP contribution in [0.3, 0.4) is 0 Å². The predicted octanol–water partition coefficient (Wildman–Crippen LogP) is 2.02. The van der Waals surface area contributed by atoms with Gasteiger partial charge in [0.25, 0.3) is 12.3 Å². The van der Waals surface area contributed by atoms with E-state index in [1.807, 2.05) is 0 Å². The number of nitrogens with two attached hydrogens (primary N) is 1. The summed E-state index contributed by atoms with van der Waals surface area (Å²) in [6.07, 6.45) is -3.67. The number of nitrogen functional groups attached to an aromatic ring is 1. The third-order valence-corrected chi connectivity index (χ3v) is 2.10. The lowest BCUT2D eigenvalue weighted by molar-refractivity contribution is -0.128. The molecule has 0 aliphatic heterocycles. The Morgan fingerprint density at radius 1 is 1.50 bits per heavy atom. The molecule has 0 spiro atoms. The summed E-state index contributed by atoms with van der Waals surface area (Å²) >= 11 is 0. The molecule has 0 fully saturated rings. The lowest BCUT2D eigenvalue weighted by Gasteiger charge is -2.13. The maximum absolute atomic E-state index is 12.9. The number of anilines is 2. The van der Waals surface area contributed by atoms with Gasteiger partial charge in [0.2, 0.25) is 0 Å². The van der Waals surface area contributed by atoms with E-state index in [-0.39, 0.29) is 11.4 Å². The van der Waals surface area contributed by atoms with Gasteiger partial charge < -0.3 is 15.8 Å². The van der Waals surface area contributed by atoms with E-state index in [1.54, 1.807) is 0 Å². The monoisotopic (exact) mass is 262 g/mol. The number of nitrogens with one attached hydrogen (secondary N) is 1. The summed E-state index contributed by atoms with van der Waals surface area (Å²) in [5.41, 5.74) is 5.47. The van der Waals surface area contributed by atoms with E-state index >= 15 is 0 Å². The van der Waals surface area contributed by atoms with Crippen molar-refractivity contribution in [2.45, 2.75) is 19.5 Å². The lowest BCUT2D eigenvalue weighted by atomic mass is 10.2. The van der Waals surface area contributed by atoms with Gasteiger partial charge in [-0.05, 0) is 25.1 Å². The highest BCUT2D eigenvalue weighted by Crippen LogP contribution is 2.16. The van der Waals surface area contributed by atoms with Crippen LogP contribution in [0, 0.1) is 5.82 Å². The van der Waals surface area contributed by atoms with Crippen LogP contribution in [0.25, 0.3) is 0 Å². The van der Waals surface area contributed by atoms with E-state index < -0.39 is 30.9 Å². The first kappa shape index (κ1) is 14.3.